The Labute approximate surface area is 159 Å². The Kier molecular flexibility index (Phi) is 17.8. The standard InChI is InChI=1S/C20H40N2O4/c21-17-13-9-5-1-2-6-10-14-18(22)26-20(25)16-12-8-4-3-7-11-15-19(23)24/h18H,1-17,21-22H2,(H,23,24). The van der Waals surface area contributed by atoms with Crippen LogP contribution in [0.25, 0.3) is 0 Å². The summed E-state index contributed by atoms with van der Waals surface area (Å²) >= 11 is 0. The zero-order chi connectivity index (χ0) is 19.5. The molecule has 26 heavy (non-hydrogen) atoms. The average Bonchev–Trinajstić information content (AvgIpc) is 2.59. The van der Waals surface area contributed by atoms with E-state index in [1.165, 1.54) is 25.7 Å². The average molecular weight is 373 g/mol. The number of unbranched alkanes of at least 4 members (excludes halogenated alkanes) is 11. The molecule has 0 saturated carbocycles. The maximum absolute atomic E-state index is 11.7. The van der Waals surface area contributed by atoms with E-state index in [0.29, 0.717) is 6.42 Å². The zero-order valence-corrected chi connectivity index (χ0v) is 16.4. The number of aliphatic carboxylic acids is 1. The first-order valence-corrected chi connectivity index (χ1v) is 10.4. The second-order valence-corrected chi connectivity index (χ2v) is 7.10. The number of carboxylic acids is 1. The molecule has 0 amide bonds. The predicted molar refractivity (Wildman–Crippen MR) is 105 cm³/mol. The van der Waals surface area contributed by atoms with Crippen LogP contribution in [0.2, 0.25) is 0 Å². The van der Waals surface area contributed by atoms with Crippen LogP contribution in [0.1, 0.15) is 103 Å². The van der Waals surface area contributed by atoms with Gasteiger partial charge in [-0.15, -0.1) is 0 Å². The van der Waals surface area contributed by atoms with E-state index in [1.807, 2.05) is 0 Å². The van der Waals surface area contributed by atoms with Crippen LogP contribution in [0.4, 0.5) is 0 Å². The smallest absolute Gasteiger partial charge is 0.307 e. The second-order valence-electron chi connectivity index (χ2n) is 7.10. The van der Waals surface area contributed by atoms with Crippen molar-refractivity contribution < 1.29 is 19.4 Å². The number of carbonyl (C=O) groups excluding carboxylic acids is 1. The van der Waals surface area contributed by atoms with Crippen molar-refractivity contribution in [1.82, 2.24) is 0 Å². The van der Waals surface area contributed by atoms with Crippen molar-refractivity contribution in [3.63, 3.8) is 0 Å². The lowest BCUT2D eigenvalue weighted by Gasteiger charge is -2.13. The molecule has 0 aliphatic rings. The van der Waals surface area contributed by atoms with Gasteiger partial charge in [0.25, 0.3) is 0 Å². The van der Waals surface area contributed by atoms with Crippen LogP contribution < -0.4 is 11.5 Å². The molecular formula is C20H40N2O4. The fourth-order valence-corrected chi connectivity index (χ4v) is 2.91. The Hall–Kier alpha value is -1.14. The molecule has 6 nitrogen and oxygen atoms in total. The number of carboxylic acid groups (broad SMARTS) is 1. The zero-order valence-electron chi connectivity index (χ0n) is 16.4. The minimum Gasteiger partial charge on any atom is -0.481 e. The number of carbonyl (C=O) groups is 2. The third-order valence-corrected chi connectivity index (χ3v) is 4.50. The summed E-state index contributed by atoms with van der Waals surface area (Å²) in [6.45, 7) is 0.785. The normalized spacial score (nSPS) is 12.1. The molecule has 0 aromatic carbocycles. The van der Waals surface area contributed by atoms with Crippen LogP contribution in [0.15, 0.2) is 0 Å². The molecule has 0 heterocycles. The summed E-state index contributed by atoms with van der Waals surface area (Å²) in [6, 6.07) is 0. The van der Waals surface area contributed by atoms with Gasteiger partial charge in [0.1, 0.15) is 0 Å². The summed E-state index contributed by atoms with van der Waals surface area (Å²) in [6.07, 6.45) is 14.6. The Balaban J connectivity index is 3.36. The fraction of sp³-hybridized carbons (Fsp3) is 0.900. The number of hydrogen-bond donors (Lipinski definition) is 3. The molecule has 0 saturated heterocycles. The third-order valence-electron chi connectivity index (χ3n) is 4.50. The van der Waals surface area contributed by atoms with E-state index in [1.54, 1.807) is 0 Å². The molecule has 0 radical (unpaired) electrons. The summed E-state index contributed by atoms with van der Waals surface area (Å²) < 4.78 is 5.24. The van der Waals surface area contributed by atoms with Gasteiger partial charge in [-0.3, -0.25) is 15.3 Å². The van der Waals surface area contributed by atoms with E-state index in [4.69, 9.17) is 21.3 Å². The maximum Gasteiger partial charge on any atom is 0.307 e. The highest BCUT2D eigenvalue weighted by Crippen LogP contribution is 2.11. The molecule has 0 rings (SSSR count). The summed E-state index contributed by atoms with van der Waals surface area (Å²) in [5.74, 6) is -0.934. The van der Waals surface area contributed by atoms with E-state index in [2.05, 4.69) is 0 Å². The van der Waals surface area contributed by atoms with E-state index in [0.717, 1.165) is 70.8 Å². The van der Waals surface area contributed by atoms with Gasteiger partial charge in [-0.25, -0.2) is 0 Å². The molecule has 0 aliphatic carbocycles. The van der Waals surface area contributed by atoms with Gasteiger partial charge >= 0.3 is 11.9 Å². The molecule has 6 heteroatoms. The molecule has 5 N–H and O–H groups in total. The predicted octanol–water partition coefficient (Wildman–Crippen LogP) is 4.10. The summed E-state index contributed by atoms with van der Waals surface area (Å²) in [4.78, 5) is 22.1. The first-order valence-electron chi connectivity index (χ1n) is 10.4. The van der Waals surface area contributed by atoms with Crippen LogP contribution in [0.3, 0.4) is 0 Å². The van der Waals surface area contributed by atoms with E-state index in [-0.39, 0.29) is 12.4 Å². The van der Waals surface area contributed by atoms with Gasteiger partial charge in [0.15, 0.2) is 6.23 Å². The SMILES string of the molecule is NCCCCCCCCCC(N)OC(=O)CCCCCCCCC(=O)O. The molecule has 0 aromatic heterocycles. The minimum absolute atomic E-state index is 0.204. The van der Waals surface area contributed by atoms with Gasteiger partial charge < -0.3 is 15.6 Å². The molecule has 0 aromatic rings. The minimum atomic E-state index is -0.730. The number of nitrogens with two attached hydrogens (primary N) is 2. The highest BCUT2D eigenvalue weighted by atomic mass is 16.6. The van der Waals surface area contributed by atoms with Gasteiger partial charge in [-0.2, -0.15) is 0 Å². The highest BCUT2D eigenvalue weighted by Gasteiger charge is 2.09. The monoisotopic (exact) mass is 372 g/mol. The molecule has 0 aliphatic heterocycles. The molecular weight excluding hydrogens is 332 g/mol. The lowest BCUT2D eigenvalue weighted by Crippen LogP contribution is -2.26. The van der Waals surface area contributed by atoms with Crippen molar-refractivity contribution in [2.45, 2.75) is 109 Å². The van der Waals surface area contributed by atoms with Crippen molar-refractivity contribution in [2.75, 3.05) is 6.54 Å². The van der Waals surface area contributed by atoms with Crippen LogP contribution in [-0.4, -0.2) is 29.8 Å². The van der Waals surface area contributed by atoms with Crippen LogP contribution in [0.5, 0.6) is 0 Å². The van der Waals surface area contributed by atoms with Crippen molar-refractivity contribution >= 4 is 11.9 Å². The molecule has 0 fully saturated rings. The molecule has 1 unspecified atom stereocenters. The second kappa shape index (κ2) is 18.6. The Morgan fingerprint density at radius 1 is 0.731 bits per heavy atom. The van der Waals surface area contributed by atoms with Gasteiger partial charge in [0.2, 0.25) is 0 Å². The van der Waals surface area contributed by atoms with Crippen LogP contribution >= 0.6 is 0 Å². The van der Waals surface area contributed by atoms with E-state index >= 15 is 0 Å². The Morgan fingerprint density at radius 3 is 1.73 bits per heavy atom. The highest BCUT2D eigenvalue weighted by molar-refractivity contribution is 5.69. The quantitative estimate of drug-likeness (QED) is 0.179. The van der Waals surface area contributed by atoms with Crippen molar-refractivity contribution in [1.29, 1.82) is 0 Å². The van der Waals surface area contributed by atoms with E-state index < -0.39 is 12.2 Å². The molecule has 154 valence electrons. The summed E-state index contributed by atoms with van der Waals surface area (Å²) in [5.41, 5.74) is 11.3. The Bertz CT molecular complexity index is 351. The van der Waals surface area contributed by atoms with Gasteiger partial charge in [-0.1, -0.05) is 57.8 Å². The Morgan fingerprint density at radius 2 is 1.19 bits per heavy atom. The van der Waals surface area contributed by atoms with Crippen molar-refractivity contribution in [3.8, 4) is 0 Å². The third kappa shape index (κ3) is 19.2. The largest absolute Gasteiger partial charge is 0.481 e. The van der Waals surface area contributed by atoms with Crippen molar-refractivity contribution in [3.05, 3.63) is 0 Å². The van der Waals surface area contributed by atoms with Crippen molar-refractivity contribution in [2.24, 2.45) is 11.5 Å². The number of esters is 1. The van der Waals surface area contributed by atoms with E-state index in [9.17, 15) is 9.59 Å². The van der Waals surface area contributed by atoms with Gasteiger partial charge in [0.05, 0.1) is 0 Å². The fourth-order valence-electron chi connectivity index (χ4n) is 2.91. The lowest BCUT2D eigenvalue weighted by atomic mass is 10.1. The first-order chi connectivity index (χ1) is 12.6. The van der Waals surface area contributed by atoms with Gasteiger partial charge in [0, 0.05) is 12.8 Å². The van der Waals surface area contributed by atoms with Crippen LogP contribution in [0, 0.1) is 0 Å². The molecule has 0 bridgehead atoms. The van der Waals surface area contributed by atoms with Crippen LogP contribution in [-0.2, 0) is 14.3 Å². The summed E-state index contributed by atoms with van der Waals surface area (Å²) in [5, 5.41) is 8.54. The number of rotatable bonds is 19. The molecule has 1 atom stereocenters. The first kappa shape index (κ1) is 24.9. The number of ether oxygens (including phenoxy) is 1. The summed E-state index contributed by atoms with van der Waals surface area (Å²) in [7, 11) is 0. The van der Waals surface area contributed by atoms with Gasteiger partial charge in [-0.05, 0) is 38.6 Å². The lowest BCUT2D eigenvalue weighted by molar-refractivity contribution is -0.149. The molecule has 0 spiro atoms. The maximum atomic E-state index is 11.7. The number of hydrogen-bond acceptors (Lipinski definition) is 5. The topological polar surface area (TPSA) is 116 Å².